The second-order valence-electron chi connectivity index (χ2n) is 5.19. The highest BCUT2D eigenvalue weighted by molar-refractivity contribution is 6.34. The van der Waals surface area contributed by atoms with Gasteiger partial charge in [-0.1, -0.05) is 13.3 Å². The Bertz CT molecular complexity index is 305. The van der Waals surface area contributed by atoms with E-state index in [9.17, 15) is 9.59 Å². The number of carbonyl (C=O) groups is 2. The largest absolute Gasteiger partial charge is 0.334 e. The summed E-state index contributed by atoms with van der Waals surface area (Å²) in [5.41, 5.74) is 0. The number of likely N-dealkylation sites (tertiary alicyclic amines) is 1. The van der Waals surface area contributed by atoms with Crippen molar-refractivity contribution in [3.8, 4) is 0 Å². The van der Waals surface area contributed by atoms with Gasteiger partial charge in [0.25, 0.3) is 0 Å². The summed E-state index contributed by atoms with van der Waals surface area (Å²) in [5, 5.41) is 3.18. The third-order valence-corrected chi connectivity index (χ3v) is 4.07. The molecule has 0 aromatic carbocycles. The Morgan fingerprint density at radius 2 is 1.50 bits per heavy atom. The van der Waals surface area contributed by atoms with Crippen molar-refractivity contribution in [1.29, 1.82) is 0 Å². The lowest BCUT2D eigenvalue weighted by atomic mass is 9.94. The molecule has 0 atom stereocenters. The van der Waals surface area contributed by atoms with Gasteiger partial charge in [0.2, 0.25) is 0 Å². The van der Waals surface area contributed by atoms with Crippen LogP contribution in [0.3, 0.4) is 0 Å². The van der Waals surface area contributed by atoms with E-state index in [1.54, 1.807) is 9.80 Å². The predicted octanol–water partition coefficient (Wildman–Crippen LogP) is 0.0668. The van der Waals surface area contributed by atoms with Gasteiger partial charge in [-0.15, -0.1) is 0 Å². The molecule has 0 aromatic heterocycles. The summed E-state index contributed by atoms with van der Waals surface area (Å²) in [7, 11) is 0. The molecule has 2 heterocycles. The summed E-state index contributed by atoms with van der Waals surface area (Å²) < 4.78 is 0. The highest BCUT2D eigenvalue weighted by atomic mass is 16.2. The minimum Gasteiger partial charge on any atom is -0.334 e. The van der Waals surface area contributed by atoms with Crippen molar-refractivity contribution < 1.29 is 9.59 Å². The number of piperazine rings is 1. The van der Waals surface area contributed by atoms with Crippen LogP contribution >= 0.6 is 0 Å². The zero-order valence-corrected chi connectivity index (χ0v) is 11.2. The highest BCUT2D eigenvalue weighted by Gasteiger charge is 2.30. The number of nitrogens with one attached hydrogen (secondary N) is 1. The topological polar surface area (TPSA) is 52.7 Å². The predicted molar refractivity (Wildman–Crippen MR) is 69.0 cm³/mol. The van der Waals surface area contributed by atoms with Crippen LogP contribution in [0.1, 0.15) is 26.2 Å². The normalized spacial score (nSPS) is 22.1. The van der Waals surface area contributed by atoms with E-state index < -0.39 is 0 Å². The van der Waals surface area contributed by atoms with Gasteiger partial charge >= 0.3 is 11.8 Å². The Balaban J connectivity index is 1.85. The average molecular weight is 253 g/mol. The number of hydrogen-bond acceptors (Lipinski definition) is 3. The molecule has 2 aliphatic rings. The van der Waals surface area contributed by atoms with Gasteiger partial charge < -0.3 is 15.1 Å². The smallest absolute Gasteiger partial charge is 0.312 e. The van der Waals surface area contributed by atoms with E-state index in [0.29, 0.717) is 13.1 Å². The molecule has 0 saturated carbocycles. The van der Waals surface area contributed by atoms with Gasteiger partial charge in [0.15, 0.2) is 0 Å². The first kappa shape index (κ1) is 13.3. The molecule has 0 spiro atoms. The molecule has 0 aromatic rings. The van der Waals surface area contributed by atoms with Crippen molar-refractivity contribution in [3.05, 3.63) is 0 Å². The second-order valence-corrected chi connectivity index (χ2v) is 5.19. The molecule has 2 amide bonds. The van der Waals surface area contributed by atoms with Crippen LogP contribution in [0, 0.1) is 5.92 Å². The quantitative estimate of drug-likeness (QED) is 0.673. The maximum Gasteiger partial charge on any atom is 0.312 e. The number of rotatable bonds is 1. The monoisotopic (exact) mass is 253 g/mol. The second kappa shape index (κ2) is 6.18. The van der Waals surface area contributed by atoms with Crippen LogP contribution in [0.25, 0.3) is 0 Å². The Hall–Kier alpha value is -1.10. The summed E-state index contributed by atoms with van der Waals surface area (Å²) in [6.45, 7) is 6.55. The van der Waals surface area contributed by atoms with Crippen molar-refractivity contribution in [3.63, 3.8) is 0 Å². The van der Waals surface area contributed by atoms with Gasteiger partial charge in [0.05, 0.1) is 0 Å². The minimum atomic E-state index is -0.313. The lowest BCUT2D eigenvalue weighted by Gasteiger charge is -2.33. The molecule has 0 aliphatic carbocycles. The highest BCUT2D eigenvalue weighted by Crippen LogP contribution is 2.20. The van der Waals surface area contributed by atoms with E-state index in [-0.39, 0.29) is 11.8 Å². The molecule has 1 N–H and O–H groups in total. The van der Waals surface area contributed by atoms with E-state index in [4.69, 9.17) is 0 Å². The summed E-state index contributed by atoms with van der Waals surface area (Å²) in [6, 6.07) is 0. The van der Waals surface area contributed by atoms with Gasteiger partial charge in [-0.3, -0.25) is 9.59 Å². The minimum absolute atomic E-state index is 0.300. The molecule has 5 heteroatoms. The van der Waals surface area contributed by atoms with Crippen LogP contribution in [0.4, 0.5) is 0 Å². The molecule has 2 rings (SSSR count). The van der Waals surface area contributed by atoms with Gasteiger partial charge in [0, 0.05) is 39.3 Å². The van der Waals surface area contributed by atoms with Crippen LogP contribution < -0.4 is 5.32 Å². The first-order chi connectivity index (χ1) is 8.72. The summed E-state index contributed by atoms with van der Waals surface area (Å²) in [4.78, 5) is 27.6. The van der Waals surface area contributed by atoms with Gasteiger partial charge in [-0.25, -0.2) is 0 Å². The molecule has 5 nitrogen and oxygen atoms in total. The Labute approximate surface area is 108 Å². The van der Waals surface area contributed by atoms with Crippen LogP contribution in [0.15, 0.2) is 0 Å². The average Bonchev–Trinajstić information content (AvgIpc) is 2.47. The van der Waals surface area contributed by atoms with Crippen LogP contribution in [-0.4, -0.2) is 60.9 Å². The van der Waals surface area contributed by atoms with Crippen LogP contribution in [0.5, 0.6) is 0 Å². The lowest BCUT2D eigenvalue weighted by molar-refractivity contribution is -0.153. The number of piperidine rings is 1. The number of carbonyl (C=O) groups excluding carboxylic acids is 2. The van der Waals surface area contributed by atoms with Gasteiger partial charge in [0.1, 0.15) is 0 Å². The van der Waals surface area contributed by atoms with Crippen molar-refractivity contribution in [2.75, 3.05) is 39.3 Å². The number of nitrogens with zero attached hydrogens (tertiary/aromatic N) is 2. The standard InChI is InChI=1S/C13H23N3O2/c1-2-11-3-7-15(8-4-11)12(17)13(18)16-9-5-14-6-10-16/h11,14H,2-10H2,1H3. The Morgan fingerprint density at radius 1 is 1.00 bits per heavy atom. The molecule has 18 heavy (non-hydrogen) atoms. The number of hydrogen-bond donors (Lipinski definition) is 1. The molecular weight excluding hydrogens is 230 g/mol. The molecule has 0 radical (unpaired) electrons. The molecule has 2 fully saturated rings. The van der Waals surface area contributed by atoms with Crippen LogP contribution in [-0.2, 0) is 9.59 Å². The van der Waals surface area contributed by atoms with Crippen molar-refractivity contribution in [1.82, 2.24) is 15.1 Å². The van der Waals surface area contributed by atoms with E-state index in [1.165, 1.54) is 6.42 Å². The third kappa shape index (κ3) is 3.02. The fraction of sp³-hybridized carbons (Fsp3) is 0.846. The molecule has 2 saturated heterocycles. The molecular formula is C13H23N3O2. The van der Waals surface area contributed by atoms with Crippen molar-refractivity contribution in [2.24, 2.45) is 5.92 Å². The zero-order valence-electron chi connectivity index (χ0n) is 11.2. The molecule has 102 valence electrons. The van der Waals surface area contributed by atoms with E-state index in [2.05, 4.69) is 12.2 Å². The first-order valence-electron chi connectivity index (χ1n) is 7.01. The SMILES string of the molecule is CCC1CCN(C(=O)C(=O)N2CCNCC2)CC1. The van der Waals surface area contributed by atoms with E-state index in [0.717, 1.165) is 44.9 Å². The van der Waals surface area contributed by atoms with Gasteiger partial charge in [-0.05, 0) is 18.8 Å². The van der Waals surface area contributed by atoms with E-state index in [1.807, 2.05) is 0 Å². The maximum atomic E-state index is 12.1. The maximum absolute atomic E-state index is 12.1. The van der Waals surface area contributed by atoms with Crippen LogP contribution in [0.2, 0.25) is 0 Å². The fourth-order valence-electron chi connectivity index (χ4n) is 2.68. The van der Waals surface area contributed by atoms with Crippen molar-refractivity contribution in [2.45, 2.75) is 26.2 Å². The fourth-order valence-corrected chi connectivity index (χ4v) is 2.68. The van der Waals surface area contributed by atoms with E-state index >= 15 is 0 Å². The van der Waals surface area contributed by atoms with Gasteiger partial charge in [-0.2, -0.15) is 0 Å². The number of amides is 2. The summed E-state index contributed by atoms with van der Waals surface area (Å²) >= 11 is 0. The Morgan fingerprint density at radius 3 is 2.00 bits per heavy atom. The lowest BCUT2D eigenvalue weighted by Crippen LogP contribution is -2.53. The molecule has 2 aliphatic heterocycles. The molecule has 0 unspecified atom stereocenters. The Kier molecular flexibility index (Phi) is 4.58. The first-order valence-corrected chi connectivity index (χ1v) is 7.01. The molecule has 0 bridgehead atoms. The summed E-state index contributed by atoms with van der Waals surface area (Å²) in [6.07, 6.45) is 3.25. The van der Waals surface area contributed by atoms with Crippen molar-refractivity contribution >= 4 is 11.8 Å². The summed E-state index contributed by atoms with van der Waals surface area (Å²) in [5.74, 6) is 0.112. The third-order valence-electron chi connectivity index (χ3n) is 4.07. The zero-order chi connectivity index (χ0) is 13.0.